The van der Waals surface area contributed by atoms with E-state index in [4.69, 9.17) is 0 Å². The first-order valence-corrected chi connectivity index (χ1v) is 4.55. The van der Waals surface area contributed by atoms with Crippen molar-refractivity contribution in [2.45, 2.75) is 13.5 Å². The molecule has 2 nitrogen and oxygen atoms in total. The number of Topliss-reactive ketones (excluding diaryl/α,β-unsaturated/α-hetero) is 1. The average Bonchev–Trinajstić information content (AvgIpc) is 2.01. The zero-order valence-electron chi connectivity index (χ0n) is 7.26. The number of carbonyl (C=O) groups excluding carboxylic acids is 1. The van der Waals surface area contributed by atoms with E-state index in [1.54, 1.807) is 0 Å². The number of hydrogen-bond acceptors (Lipinski definition) is 2. The minimum Gasteiger partial charge on any atom is -0.435 e. The number of ketones is 1. The molecule has 0 heterocycles. The van der Waals surface area contributed by atoms with Crippen LogP contribution in [-0.2, 0) is 0 Å². The molecule has 0 atom stereocenters. The summed E-state index contributed by atoms with van der Waals surface area (Å²) in [5.74, 6) is -0.114. The van der Waals surface area contributed by atoms with Crippen LogP contribution in [0.1, 0.15) is 17.3 Å². The van der Waals surface area contributed by atoms with Crippen molar-refractivity contribution in [2.24, 2.45) is 0 Å². The van der Waals surface area contributed by atoms with Crippen LogP contribution in [0.3, 0.4) is 0 Å². The van der Waals surface area contributed by atoms with Gasteiger partial charge in [-0.15, -0.1) is 0 Å². The first-order valence-electron chi connectivity index (χ1n) is 3.76. The minimum atomic E-state index is -2.86. The van der Waals surface area contributed by atoms with Gasteiger partial charge in [-0.25, -0.2) is 0 Å². The number of rotatable bonds is 3. The Bertz CT molecular complexity index is 353. The van der Waals surface area contributed by atoms with Crippen LogP contribution in [0.4, 0.5) is 8.78 Å². The highest BCUT2D eigenvalue weighted by Crippen LogP contribution is 2.24. The van der Waals surface area contributed by atoms with Gasteiger partial charge in [-0.3, -0.25) is 4.79 Å². The van der Waals surface area contributed by atoms with Gasteiger partial charge in [0.25, 0.3) is 0 Å². The van der Waals surface area contributed by atoms with Gasteiger partial charge in [0.1, 0.15) is 5.75 Å². The molecule has 0 N–H and O–H groups in total. The molecule has 0 radical (unpaired) electrons. The Balaban J connectivity index is 2.94. The van der Waals surface area contributed by atoms with Crippen LogP contribution in [0.15, 0.2) is 22.7 Å². The molecule has 0 aromatic heterocycles. The third-order valence-electron chi connectivity index (χ3n) is 1.55. The molecule has 5 heteroatoms. The normalized spacial score (nSPS) is 10.4. The lowest BCUT2D eigenvalue weighted by atomic mass is 10.1. The topological polar surface area (TPSA) is 26.3 Å². The number of alkyl halides is 2. The minimum absolute atomic E-state index is 0.0249. The van der Waals surface area contributed by atoms with Crippen LogP contribution in [0.5, 0.6) is 5.75 Å². The van der Waals surface area contributed by atoms with E-state index < -0.39 is 6.61 Å². The highest BCUT2D eigenvalue weighted by atomic mass is 79.9. The molecule has 0 amide bonds. The van der Waals surface area contributed by atoms with Gasteiger partial charge in [0, 0.05) is 10.0 Å². The average molecular weight is 265 g/mol. The second-order valence-electron chi connectivity index (χ2n) is 2.58. The second kappa shape index (κ2) is 4.50. The Hall–Kier alpha value is -0.970. The van der Waals surface area contributed by atoms with E-state index >= 15 is 0 Å². The van der Waals surface area contributed by atoms with Gasteiger partial charge in [-0.1, -0.05) is 0 Å². The molecule has 0 saturated carbocycles. The number of ether oxygens (including phenoxy) is 1. The molecule has 1 rings (SSSR count). The summed E-state index contributed by atoms with van der Waals surface area (Å²) in [5, 5.41) is 0. The summed E-state index contributed by atoms with van der Waals surface area (Å²) < 4.78 is 28.2. The smallest absolute Gasteiger partial charge is 0.387 e. The Morgan fingerprint density at radius 3 is 2.57 bits per heavy atom. The van der Waals surface area contributed by atoms with E-state index in [0.717, 1.165) is 0 Å². The fourth-order valence-electron chi connectivity index (χ4n) is 0.958. The lowest BCUT2D eigenvalue weighted by Gasteiger charge is -2.06. The van der Waals surface area contributed by atoms with Crippen LogP contribution in [0.2, 0.25) is 0 Å². The highest BCUT2D eigenvalue weighted by molar-refractivity contribution is 9.10. The maximum atomic E-state index is 11.8. The van der Waals surface area contributed by atoms with Gasteiger partial charge in [-0.05, 0) is 41.1 Å². The number of hydrogen-bond donors (Lipinski definition) is 0. The third-order valence-corrected chi connectivity index (χ3v) is 2.20. The van der Waals surface area contributed by atoms with Gasteiger partial charge in [-0.2, -0.15) is 8.78 Å². The molecule has 0 fully saturated rings. The zero-order chi connectivity index (χ0) is 10.7. The zero-order valence-corrected chi connectivity index (χ0v) is 8.85. The summed E-state index contributed by atoms with van der Waals surface area (Å²) in [4.78, 5) is 11.0. The van der Waals surface area contributed by atoms with Crippen molar-refractivity contribution in [3.05, 3.63) is 28.2 Å². The lowest BCUT2D eigenvalue weighted by molar-refractivity contribution is -0.0498. The maximum absolute atomic E-state index is 11.8. The van der Waals surface area contributed by atoms with Gasteiger partial charge in [0.2, 0.25) is 0 Å². The van der Waals surface area contributed by atoms with E-state index in [2.05, 4.69) is 20.7 Å². The number of benzene rings is 1. The Labute approximate surface area is 88.0 Å². The summed E-state index contributed by atoms with van der Waals surface area (Å²) in [7, 11) is 0. The summed E-state index contributed by atoms with van der Waals surface area (Å²) in [6.07, 6.45) is 0. The van der Waals surface area contributed by atoms with Gasteiger partial charge < -0.3 is 4.74 Å². The van der Waals surface area contributed by atoms with Crippen LogP contribution < -0.4 is 4.74 Å². The Morgan fingerprint density at radius 2 is 2.14 bits per heavy atom. The van der Waals surface area contributed by atoms with E-state index in [-0.39, 0.29) is 11.5 Å². The standard InChI is InChI=1S/C9H7BrF2O2/c1-5(13)7-3-2-6(4-8(7)10)14-9(11)12/h2-4,9H,1H3. The van der Waals surface area contributed by atoms with Crippen LogP contribution in [0, 0.1) is 0 Å². The van der Waals surface area contributed by atoms with E-state index in [9.17, 15) is 13.6 Å². The predicted octanol–water partition coefficient (Wildman–Crippen LogP) is 3.25. The maximum Gasteiger partial charge on any atom is 0.387 e. The molecule has 0 aliphatic rings. The molecule has 76 valence electrons. The van der Waals surface area contributed by atoms with Gasteiger partial charge >= 0.3 is 6.61 Å². The largest absolute Gasteiger partial charge is 0.435 e. The monoisotopic (exact) mass is 264 g/mol. The second-order valence-corrected chi connectivity index (χ2v) is 3.43. The van der Waals surface area contributed by atoms with Crippen molar-refractivity contribution < 1.29 is 18.3 Å². The van der Waals surface area contributed by atoms with Crippen LogP contribution in [0.25, 0.3) is 0 Å². The van der Waals surface area contributed by atoms with Crippen molar-refractivity contribution >= 4 is 21.7 Å². The summed E-state index contributed by atoms with van der Waals surface area (Å²) in [6.45, 7) is -1.46. The molecule has 1 aromatic rings. The molecule has 0 saturated heterocycles. The molecular weight excluding hydrogens is 258 g/mol. The molecule has 0 spiro atoms. The predicted molar refractivity (Wildman–Crippen MR) is 50.8 cm³/mol. The number of halogens is 3. The molecule has 0 aliphatic heterocycles. The van der Waals surface area contributed by atoms with E-state index in [1.165, 1.54) is 25.1 Å². The van der Waals surface area contributed by atoms with Crippen molar-refractivity contribution in [3.63, 3.8) is 0 Å². The van der Waals surface area contributed by atoms with Crippen LogP contribution in [-0.4, -0.2) is 12.4 Å². The fraction of sp³-hybridized carbons (Fsp3) is 0.222. The molecule has 0 unspecified atom stereocenters. The van der Waals surface area contributed by atoms with Crippen molar-refractivity contribution in [1.29, 1.82) is 0 Å². The molecule has 14 heavy (non-hydrogen) atoms. The third kappa shape index (κ3) is 2.77. The van der Waals surface area contributed by atoms with Crippen LogP contribution >= 0.6 is 15.9 Å². The summed E-state index contributed by atoms with van der Waals surface area (Å²) in [6, 6.07) is 4.10. The van der Waals surface area contributed by atoms with Gasteiger partial charge in [0.05, 0.1) is 0 Å². The van der Waals surface area contributed by atoms with E-state index in [0.29, 0.717) is 10.0 Å². The Morgan fingerprint density at radius 1 is 1.50 bits per heavy atom. The summed E-state index contributed by atoms with van der Waals surface area (Å²) >= 11 is 3.09. The summed E-state index contributed by atoms with van der Waals surface area (Å²) in [5.41, 5.74) is 0.437. The fourth-order valence-corrected chi connectivity index (χ4v) is 1.59. The van der Waals surface area contributed by atoms with E-state index in [1.807, 2.05) is 0 Å². The molecular formula is C9H7BrF2O2. The van der Waals surface area contributed by atoms with Crippen molar-refractivity contribution in [1.82, 2.24) is 0 Å². The first kappa shape index (κ1) is 11.1. The SMILES string of the molecule is CC(=O)c1ccc(OC(F)F)cc1Br. The lowest BCUT2D eigenvalue weighted by Crippen LogP contribution is -2.02. The molecule has 0 aliphatic carbocycles. The molecule has 0 bridgehead atoms. The number of carbonyl (C=O) groups is 1. The van der Waals surface area contributed by atoms with Crippen molar-refractivity contribution in [3.8, 4) is 5.75 Å². The Kier molecular flexibility index (Phi) is 3.57. The highest BCUT2D eigenvalue weighted by Gasteiger charge is 2.09. The van der Waals surface area contributed by atoms with Crippen molar-refractivity contribution in [2.75, 3.05) is 0 Å². The quantitative estimate of drug-likeness (QED) is 0.784. The van der Waals surface area contributed by atoms with Gasteiger partial charge in [0.15, 0.2) is 5.78 Å². The first-order chi connectivity index (χ1) is 6.50. The molecule has 1 aromatic carbocycles.